The molecular weight excluding hydrogens is 202 g/mol. The molecule has 4 nitrogen and oxygen atoms in total. The minimum absolute atomic E-state index is 0.238. The molecule has 1 fully saturated rings. The summed E-state index contributed by atoms with van der Waals surface area (Å²) in [6, 6.07) is 0. The first kappa shape index (κ1) is 11.6. The summed E-state index contributed by atoms with van der Waals surface area (Å²) in [6.07, 6.45) is 6.13. The van der Waals surface area contributed by atoms with E-state index in [1.807, 2.05) is 6.20 Å². The Bertz CT molecular complexity index is 324. The second-order valence-electron chi connectivity index (χ2n) is 4.71. The number of hydrogen-bond acceptors (Lipinski definition) is 3. The van der Waals surface area contributed by atoms with Crippen molar-refractivity contribution in [1.29, 1.82) is 0 Å². The van der Waals surface area contributed by atoms with Crippen LogP contribution in [0, 0.1) is 0 Å². The van der Waals surface area contributed by atoms with Crippen molar-refractivity contribution in [3.63, 3.8) is 0 Å². The van der Waals surface area contributed by atoms with Crippen LogP contribution in [0.1, 0.15) is 36.7 Å². The molecule has 2 rings (SSSR count). The number of likely N-dealkylation sites (tertiary alicyclic amines) is 1. The SMILES string of the molecule is CN1CCCC(c2cnc(CCCO)[nH]2)C1. The van der Waals surface area contributed by atoms with E-state index in [2.05, 4.69) is 21.9 Å². The van der Waals surface area contributed by atoms with Gasteiger partial charge in [-0.3, -0.25) is 0 Å². The van der Waals surface area contributed by atoms with Gasteiger partial charge in [0, 0.05) is 37.4 Å². The highest BCUT2D eigenvalue weighted by Gasteiger charge is 2.20. The lowest BCUT2D eigenvalue weighted by Gasteiger charge is -2.28. The number of nitrogens with zero attached hydrogens (tertiary/aromatic N) is 2. The lowest BCUT2D eigenvalue weighted by atomic mass is 9.96. The van der Waals surface area contributed by atoms with E-state index in [9.17, 15) is 0 Å². The number of nitrogens with one attached hydrogen (secondary N) is 1. The summed E-state index contributed by atoms with van der Waals surface area (Å²) in [6.45, 7) is 2.58. The number of hydrogen-bond donors (Lipinski definition) is 2. The van der Waals surface area contributed by atoms with Crippen LogP contribution in [0.4, 0.5) is 0 Å². The average molecular weight is 223 g/mol. The number of likely N-dealkylation sites (N-methyl/N-ethyl adjacent to an activating group) is 1. The van der Waals surface area contributed by atoms with E-state index in [-0.39, 0.29) is 6.61 Å². The van der Waals surface area contributed by atoms with Gasteiger partial charge < -0.3 is 15.0 Å². The maximum atomic E-state index is 8.77. The monoisotopic (exact) mass is 223 g/mol. The van der Waals surface area contributed by atoms with Crippen LogP contribution < -0.4 is 0 Å². The Kier molecular flexibility index (Phi) is 3.96. The van der Waals surface area contributed by atoms with E-state index in [1.54, 1.807) is 0 Å². The average Bonchev–Trinajstić information content (AvgIpc) is 2.75. The fraction of sp³-hybridized carbons (Fsp3) is 0.750. The van der Waals surface area contributed by atoms with Crippen LogP contribution in [0.5, 0.6) is 0 Å². The molecule has 0 amide bonds. The first-order chi connectivity index (χ1) is 7.79. The Balaban J connectivity index is 1.95. The number of H-pyrrole nitrogens is 1. The van der Waals surface area contributed by atoms with E-state index in [0.29, 0.717) is 5.92 Å². The number of aliphatic hydroxyl groups is 1. The Morgan fingerprint density at radius 3 is 3.25 bits per heavy atom. The number of imidazole rings is 1. The van der Waals surface area contributed by atoms with Crippen LogP contribution in [0.25, 0.3) is 0 Å². The summed E-state index contributed by atoms with van der Waals surface area (Å²) in [4.78, 5) is 10.1. The zero-order valence-electron chi connectivity index (χ0n) is 9.95. The quantitative estimate of drug-likeness (QED) is 0.805. The third-order valence-electron chi connectivity index (χ3n) is 3.28. The van der Waals surface area contributed by atoms with E-state index in [1.165, 1.54) is 25.1 Å². The summed E-state index contributed by atoms with van der Waals surface area (Å²) in [5.74, 6) is 1.62. The van der Waals surface area contributed by atoms with Gasteiger partial charge in [-0.25, -0.2) is 4.98 Å². The van der Waals surface area contributed by atoms with Crippen molar-refractivity contribution in [2.75, 3.05) is 26.7 Å². The topological polar surface area (TPSA) is 52.1 Å². The molecule has 90 valence electrons. The van der Waals surface area contributed by atoms with Gasteiger partial charge in [0.2, 0.25) is 0 Å². The molecule has 0 bridgehead atoms. The van der Waals surface area contributed by atoms with Gasteiger partial charge in [0.1, 0.15) is 5.82 Å². The first-order valence-electron chi connectivity index (χ1n) is 6.13. The molecule has 16 heavy (non-hydrogen) atoms. The second-order valence-corrected chi connectivity index (χ2v) is 4.71. The number of piperidine rings is 1. The molecule has 0 aliphatic carbocycles. The van der Waals surface area contributed by atoms with Crippen LogP contribution in [-0.2, 0) is 6.42 Å². The first-order valence-corrected chi connectivity index (χ1v) is 6.13. The Hall–Kier alpha value is -0.870. The molecule has 1 atom stereocenters. The number of aliphatic hydroxyl groups excluding tert-OH is 1. The summed E-state index contributed by atoms with van der Waals surface area (Å²) >= 11 is 0. The Morgan fingerprint density at radius 1 is 1.62 bits per heavy atom. The minimum Gasteiger partial charge on any atom is -0.396 e. The number of rotatable bonds is 4. The molecular formula is C12H21N3O. The van der Waals surface area contributed by atoms with Gasteiger partial charge in [-0.1, -0.05) is 0 Å². The zero-order valence-corrected chi connectivity index (χ0v) is 9.95. The zero-order chi connectivity index (χ0) is 11.4. The molecule has 0 spiro atoms. The Labute approximate surface area is 96.7 Å². The van der Waals surface area contributed by atoms with Crippen LogP contribution in [0.15, 0.2) is 6.20 Å². The number of aromatic nitrogens is 2. The molecule has 1 aliphatic heterocycles. The molecule has 0 aromatic carbocycles. The second kappa shape index (κ2) is 5.46. The number of aryl methyl sites for hydroxylation is 1. The van der Waals surface area contributed by atoms with E-state index in [4.69, 9.17) is 5.11 Å². The normalized spacial score (nSPS) is 22.5. The predicted octanol–water partition coefficient (Wildman–Crippen LogP) is 1.14. The van der Waals surface area contributed by atoms with Crippen molar-refractivity contribution in [2.24, 2.45) is 0 Å². The van der Waals surface area contributed by atoms with Gasteiger partial charge in [0.25, 0.3) is 0 Å². The lowest BCUT2D eigenvalue weighted by Crippen LogP contribution is -2.30. The third kappa shape index (κ3) is 2.83. The fourth-order valence-electron chi connectivity index (χ4n) is 2.38. The molecule has 1 aromatic rings. The highest BCUT2D eigenvalue weighted by Crippen LogP contribution is 2.24. The van der Waals surface area contributed by atoms with Crippen molar-refractivity contribution in [3.8, 4) is 0 Å². The molecule has 0 saturated carbocycles. The van der Waals surface area contributed by atoms with Crippen LogP contribution in [0.2, 0.25) is 0 Å². The molecule has 1 saturated heterocycles. The van der Waals surface area contributed by atoms with Crippen molar-refractivity contribution in [2.45, 2.75) is 31.6 Å². The van der Waals surface area contributed by atoms with E-state index in [0.717, 1.165) is 25.2 Å². The maximum absolute atomic E-state index is 8.77. The van der Waals surface area contributed by atoms with Crippen molar-refractivity contribution >= 4 is 0 Å². The minimum atomic E-state index is 0.238. The smallest absolute Gasteiger partial charge is 0.106 e. The molecule has 1 aromatic heterocycles. The summed E-state index contributed by atoms with van der Waals surface area (Å²) in [5.41, 5.74) is 1.26. The van der Waals surface area contributed by atoms with E-state index >= 15 is 0 Å². The fourth-order valence-corrected chi connectivity index (χ4v) is 2.38. The van der Waals surface area contributed by atoms with Crippen LogP contribution in [-0.4, -0.2) is 46.7 Å². The standard InChI is InChI=1S/C12H21N3O/c1-15-6-2-4-10(9-15)11-8-13-12(14-11)5-3-7-16/h8,10,16H,2-7,9H2,1H3,(H,13,14). The predicted molar refractivity (Wildman–Crippen MR) is 63.5 cm³/mol. The summed E-state index contributed by atoms with van der Waals surface area (Å²) in [7, 11) is 2.18. The Morgan fingerprint density at radius 2 is 2.50 bits per heavy atom. The molecule has 2 heterocycles. The van der Waals surface area contributed by atoms with E-state index < -0.39 is 0 Å². The highest BCUT2D eigenvalue weighted by atomic mass is 16.2. The van der Waals surface area contributed by atoms with Gasteiger partial charge >= 0.3 is 0 Å². The van der Waals surface area contributed by atoms with Gasteiger partial charge in [-0.2, -0.15) is 0 Å². The molecule has 1 unspecified atom stereocenters. The lowest BCUT2D eigenvalue weighted by molar-refractivity contribution is 0.248. The third-order valence-corrected chi connectivity index (χ3v) is 3.28. The number of aromatic amines is 1. The van der Waals surface area contributed by atoms with Gasteiger partial charge in [-0.05, 0) is 32.9 Å². The van der Waals surface area contributed by atoms with Crippen molar-refractivity contribution in [3.05, 3.63) is 17.7 Å². The maximum Gasteiger partial charge on any atom is 0.106 e. The molecule has 1 aliphatic rings. The summed E-state index contributed by atoms with van der Waals surface area (Å²) < 4.78 is 0. The van der Waals surface area contributed by atoms with Gasteiger partial charge in [-0.15, -0.1) is 0 Å². The largest absolute Gasteiger partial charge is 0.396 e. The van der Waals surface area contributed by atoms with Crippen molar-refractivity contribution in [1.82, 2.24) is 14.9 Å². The van der Waals surface area contributed by atoms with Gasteiger partial charge in [0.05, 0.1) is 0 Å². The summed E-state index contributed by atoms with van der Waals surface area (Å²) in [5, 5.41) is 8.77. The van der Waals surface area contributed by atoms with Crippen LogP contribution in [0.3, 0.4) is 0 Å². The molecule has 4 heteroatoms. The van der Waals surface area contributed by atoms with Gasteiger partial charge in [0.15, 0.2) is 0 Å². The van der Waals surface area contributed by atoms with Crippen molar-refractivity contribution < 1.29 is 5.11 Å². The van der Waals surface area contributed by atoms with Crippen LogP contribution >= 0.6 is 0 Å². The molecule has 2 N–H and O–H groups in total. The highest BCUT2D eigenvalue weighted by molar-refractivity contribution is 5.09. The molecule has 0 radical (unpaired) electrons.